The van der Waals surface area contributed by atoms with Gasteiger partial charge in [-0.3, -0.25) is 9.78 Å². The van der Waals surface area contributed by atoms with Crippen LogP contribution in [-0.2, 0) is 9.53 Å². The van der Waals surface area contributed by atoms with Gasteiger partial charge in [-0.25, -0.2) is 4.79 Å². The van der Waals surface area contributed by atoms with E-state index in [1.165, 1.54) is 0 Å². The number of fused-ring (bicyclic) bond motifs is 1. The zero-order chi connectivity index (χ0) is 16.8. The average molecular weight is 313 g/mol. The van der Waals surface area contributed by atoms with Crippen LogP contribution in [-0.4, -0.2) is 23.5 Å². The molecule has 1 aromatic heterocycles. The molecule has 0 saturated heterocycles. The van der Waals surface area contributed by atoms with Crippen LogP contribution in [0.4, 0.5) is 10.5 Å². The van der Waals surface area contributed by atoms with Crippen molar-refractivity contribution in [1.82, 2.24) is 10.3 Å². The number of ether oxygens (including phenoxy) is 1. The number of nitrogens with zero attached hydrogens (tertiary/aromatic N) is 1. The van der Waals surface area contributed by atoms with Gasteiger partial charge in [-0.1, -0.05) is 24.8 Å². The first-order valence-electron chi connectivity index (χ1n) is 7.23. The van der Waals surface area contributed by atoms with E-state index in [1.807, 2.05) is 31.2 Å². The van der Waals surface area contributed by atoms with Crippen LogP contribution in [0.1, 0.15) is 19.0 Å². The molecule has 0 saturated carbocycles. The minimum absolute atomic E-state index is 0.0766. The minimum Gasteiger partial charge on any atom is -0.432 e. The summed E-state index contributed by atoms with van der Waals surface area (Å²) in [5.74, 6) is -0.100. The molecule has 0 atom stereocenters. The molecule has 1 heterocycles. The molecule has 2 N–H and O–H groups in total. The number of pyridine rings is 1. The van der Waals surface area contributed by atoms with Crippen LogP contribution in [0.2, 0.25) is 0 Å². The first kappa shape index (κ1) is 16.5. The lowest BCUT2D eigenvalue weighted by atomic mass is 10.2. The number of rotatable bonds is 5. The highest BCUT2D eigenvalue weighted by Gasteiger charge is 2.08. The van der Waals surface area contributed by atoms with Crippen molar-refractivity contribution in [2.75, 3.05) is 11.9 Å². The van der Waals surface area contributed by atoms with E-state index in [9.17, 15) is 9.59 Å². The Bertz CT molecular complexity index is 756. The lowest BCUT2D eigenvalue weighted by Gasteiger charge is -2.10. The number of hydrogen-bond acceptors (Lipinski definition) is 4. The summed E-state index contributed by atoms with van der Waals surface area (Å²) in [5.41, 5.74) is 2.22. The average Bonchev–Trinajstić information content (AvgIpc) is 2.47. The van der Waals surface area contributed by atoms with Gasteiger partial charge in [0, 0.05) is 17.6 Å². The van der Waals surface area contributed by atoms with E-state index in [-0.39, 0.29) is 13.0 Å². The van der Waals surface area contributed by atoms with Gasteiger partial charge in [0.05, 0.1) is 23.4 Å². The number of hydrogen-bond donors (Lipinski definition) is 2. The van der Waals surface area contributed by atoms with Gasteiger partial charge < -0.3 is 15.4 Å². The summed E-state index contributed by atoms with van der Waals surface area (Å²) in [6.45, 7) is 7.14. The van der Waals surface area contributed by atoms with Crippen molar-refractivity contribution < 1.29 is 14.3 Å². The number of amides is 2. The van der Waals surface area contributed by atoms with E-state index in [1.54, 1.807) is 13.0 Å². The number of carbonyl (C=O) groups is 2. The monoisotopic (exact) mass is 313 g/mol. The van der Waals surface area contributed by atoms with Crippen molar-refractivity contribution in [2.24, 2.45) is 0 Å². The number of urea groups is 1. The molecule has 6 heteroatoms. The molecule has 2 amide bonds. The van der Waals surface area contributed by atoms with E-state index in [0.717, 1.165) is 16.6 Å². The topological polar surface area (TPSA) is 80.3 Å². The summed E-state index contributed by atoms with van der Waals surface area (Å²) >= 11 is 0. The fourth-order valence-electron chi connectivity index (χ4n) is 2.04. The molecular weight excluding hydrogens is 294 g/mol. The first-order valence-corrected chi connectivity index (χ1v) is 7.23. The molecule has 0 unspecified atom stereocenters. The minimum atomic E-state index is -0.430. The predicted molar refractivity (Wildman–Crippen MR) is 89.0 cm³/mol. The Hall–Kier alpha value is -2.89. The van der Waals surface area contributed by atoms with Gasteiger partial charge in [-0.2, -0.15) is 0 Å². The lowest BCUT2D eigenvalue weighted by Crippen LogP contribution is -2.30. The van der Waals surface area contributed by atoms with Gasteiger partial charge in [-0.05, 0) is 26.0 Å². The number of carbonyl (C=O) groups excluding carboxylic acids is 2. The zero-order valence-corrected chi connectivity index (χ0v) is 13.2. The van der Waals surface area contributed by atoms with E-state index >= 15 is 0 Å². The maximum atomic E-state index is 11.9. The molecule has 0 aliphatic heterocycles. The first-order chi connectivity index (χ1) is 11.0. The third-order valence-electron chi connectivity index (χ3n) is 3.01. The van der Waals surface area contributed by atoms with Crippen molar-refractivity contribution >= 4 is 28.6 Å². The summed E-state index contributed by atoms with van der Waals surface area (Å²) in [6, 6.07) is 9.03. The third kappa shape index (κ3) is 4.81. The van der Waals surface area contributed by atoms with Gasteiger partial charge in [0.1, 0.15) is 0 Å². The largest absolute Gasteiger partial charge is 0.432 e. The number of esters is 1. The molecule has 120 valence electrons. The molecule has 23 heavy (non-hydrogen) atoms. The molecule has 6 nitrogen and oxygen atoms in total. The molecule has 1 aromatic carbocycles. The zero-order valence-electron chi connectivity index (χ0n) is 13.2. The van der Waals surface area contributed by atoms with Crippen molar-refractivity contribution in [3.8, 4) is 0 Å². The number of benzene rings is 1. The molecular formula is C17H19N3O3. The van der Waals surface area contributed by atoms with E-state index in [4.69, 9.17) is 4.74 Å². The Kier molecular flexibility index (Phi) is 5.30. The van der Waals surface area contributed by atoms with Crippen molar-refractivity contribution in [3.05, 3.63) is 48.4 Å². The summed E-state index contributed by atoms with van der Waals surface area (Å²) in [6.07, 6.45) is 0.0766. The van der Waals surface area contributed by atoms with Crippen LogP contribution in [0.15, 0.2) is 42.7 Å². The van der Waals surface area contributed by atoms with Gasteiger partial charge >= 0.3 is 12.0 Å². The molecule has 2 aromatic rings. The molecule has 0 fully saturated rings. The highest BCUT2D eigenvalue weighted by molar-refractivity contribution is 5.99. The molecule has 0 bridgehead atoms. The fourth-order valence-corrected chi connectivity index (χ4v) is 2.04. The SMILES string of the molecule is C=C(C)OC(=O)CCNC(=O)Nc1cccc2ccc(C)nc12. The van der Waals surface area contributed by atoms with Crippen LogP contribution >= 0.6 is 0 Å². The smallest absolute Gasteiger partial charge is 0.319 e. The third-order valence-corrected chi connectivity index (χ3v) is 3.01. The second-order valence-corrected chi connectivity index (χ2v) is 5.14. The summed E-state index contributed by atoms with van der Waals surface area (Å²) < 4.78 is 4.81. The predicted octanol–water partition coefficient (Wildman–Crippen LogP) is 3.13. The molecule has 0 radical (unpaired) electrons. The number of para-hydroxylation sites is 1. The number of aromatic nitrogens is 1. The Morgan fingerprint density at radius 2 is 2.04 bits per heavy atom. The van der Waals surface area contributed by atoms with Crippen LogP contribution in [0, 0.1) is 6.92 Å². The quantitative estimate of drug-likeness (QED) is 0.656. The highest BCUT2D eigenvalue weighted by atomic mass is 16.5. The molecule has 2 rings (SSSR count). The van der Waals surface area contributed by atoms with E-state index < -0.39 is 12.0 Å². The number of nitrogens with one attached hydrogen (secondary N) is 2. The standard InChI is InChI=1S/C17H19N3O3/c1-11(2)23-15(21)9-10-18-17(22)20-14-6-4-5-13-8-7-12(3)19-16(13)14/h4-8H,1,9-10H2,2-3H3,(H2,18,20,22). The maximum Gasteiger partial charge on any atom is 0.319 e. The van der Waals surface area contributed by atoms with Crippen LogP contribution in [0.3, 0.4) is 0 Å². The van der Waals surface area contributed by atoms with E-state index in [2.05, 4.69) is 22.2 Å². The van der Waals surface area contributed by atoms with Crippen molar-refractivity contribution in [3.63, 3.8) is 0 Å². The Morgan fingerprint density at radius 3 is 2.78 bits per heavy atom. The number of aryl methyl sites for hydroxylation is 1. The fraction of sp³-hybridized carbons (Fsp3) is 0.235. The van der Waals surface area contributed by atoms with E-state index in [0.29, 0.717) is 11.4 Å². The van der Waals surface area contributed by atoms with Crippen molar-refractivity contribution in [2.45, 2.75) is 20.3 Å². The second kappa shape index (κ2) is 7.40. The molecule has 0 spiro atoms. The van der Waals surface area contributed by atoms with Crippen molar-refractivity contribution in [1.29, 1.82) is 0 Å². The summed E-state index contributed by atoms with van der Waals surface area (Å²) in [5, 5.41) is 6.29. The Labute approximate surface area is 134 Å². The summed E-state index contributed by atoms with van der Waals surface area (Å²) in [4.78, 5) is 27.7. The number of allylic oxidation sites excluding steroid dienone is 1. The normalized spacial score (nSPS) is 10.2. The highest BCUT2D eigenvalue weighted by Crippen LogP contribution is 2.21. The maximum absolute atomic E-state index is 11.9. The van der Waals surface area contributed by atoms with Gasteiger partial charge in [0.25, 0.3) is 0 Å². The number of anilines is 1. The molecule has 0 aliphatic rings. The Balaban J connectivity index is 1.94. The molecule has 0 aliphatic carbocycles. The lowest BCUT2D eigenvalue weighted by molar-refractivity contribution is -0.139. The van der Waals surface area contributed by atoms with Crippen LogP contribution in [0.5, 0.6) is 0 Å². The van der Waals surface area contributed by atoms with Gasteiger partial charge in [0.2, 0.25) is 0 Å². The second-order valence-electron chi connectivity index (χ2n) is 5.14. The van der Waals surface area contributed by atoms with Gasteiger partial charge in [-0.15, -0.1) is 0 Å². The van der Waals surface area contributed by atoms with Gasteiger partial charge in [0.15, 0.2) is 0 Å². The van der Waals surface area contributed by atoms with Crippen LogP contribution in [0.25, 0.3) is 10.9 Å². The van der Waals surface area contributed by atoms with Crippen LogP contribution < -0.4 is 10.6 Å². The summed E-state index contributed by atoms with van der Waals surface area (Å²) in [7, 11) is 0. The Morgan fingerprint density at radius 1 is 1.26 bits per heavy atom.